The van der Waals surface area contributed by atoms with Crippen molar-refractivity contribution in [1.29, 1.82) is 0 Å². The van der Waals surface area contributed by atoms with Crippen molar-refractivity contribution in [2.75, 3.05) is 10.5 Å². The van der Waals surface area contributed by atoms with Crippen LogP contribution in [0.3, 0.4) is 0 Å². The molecular weight excluding hydrogens is 232 g/mol. The van der Waals surface area contributed by atoms with Crippen molar-refractivity contribution in [3.63, 3.8) is 0 Å². The van der Waals surface area contributed by atoms with Gasteiger partial charge < -0.3 is 5.73 Å². The fraction of sp³-hybridized carbons (Fsp3) is 0.143. The van der Waals surface area contributed by atoms with Gasteiger partial charge in [0.05, 0.1) is 17.6 Å². The molecule has 0 unspecified atom stereocenters. The Hall–Kier alpha value is -2.03. The number of nitrogens with zero attached hydrogens (tertiary/aromatic N) is 2. The number of anilines is 2. The van der Waals surface area contributed by atoms with E-state index in [4.69, 9.17) is 5.73 Å². The van der Waals surface area contributed by atoms with Gasteiger partial charge in [0.25, 0.3) is 10.0 Å². The summed E-state index contributed by atoms with van der Waals surface area (Å²) in [4.78, 5) is 0. The van der Waals surface area contributed by atoms with Gasteiger partial charge in [0, 0.05) is 0 Å². The second-order valence-corrected chi connectivity index (χ2v) is 4.79. The quantitative estimate of drug-likeness (QED) is 0.593. The van der Waals surface area contributed by atoms with Gasteiger partial charge in [-0.25, -0.2) is 0 Å². The minimum Gasteiger partial charge on any atom is -0.394 e. The highest BCUT2D eigenvalue weighted by molar-refractivity contribution is 7.92. The molecule has 5 N–H and O–H groups in total. The van der Waals surface area contributed by atoms with Crippen LogP contribution in [0, 0.1) is 6.92 Å². The molecule has 2 aromatic rings. The van der Waals surface area contributed by atoms with Crippen molar-refractivity contribution >= 4 is 21.5 Å². The minimum absolute atomic E-state index is 0.0486. The second-order valence-electron chi connectivity index (χ2n) is 3.14. The fourth-order valence-electron chi connectivity index (χ4n) is 1.09. The molecule has 0 bridgehead atoms. The Balaban J connectivity index is 2.32. The molecule has 2 rings (SSSR count). The average Bonchev–Trinajstić information content (AvgIpc) is 2.83. The number of aromatic amines is 2. The number of nitrogens with two attached hydrogens (primary N) is 1. The molecular formula is C7H10N6O2S. The van der Waals surface area contributed by atoms with Crippen LogP contribution < -0.4 is 10.5 Å². The lowest BCUT2D eigenvalue weighted by Gasteiger charge is -2.03. The Morgan fingerprint density at radius 2 is 2.19 bits per heavy atom. The Bertz CT molecular complexity index is 584. The summed E-state index contributed by atoms with van der Waals surface area (Å²) < 4.78 is 25.7. The van der Waals surface area contributed by atoms with E-state index in [9.17, 15) is 8.42 Å². The molecule has 16 heavy (non-hydrogen) atoms. The molecule has 0 aliphatic rings. The van der Waals surface area contributed by atoms with E-state index in [1.54, 1.807) is 6.92 Å². The van der Waals surface area contributed by atoms with Crippen LogP contribution in [0.4, 0.5) is 11.5 Å². The van der Waals surface area contributed by atoms with Crippen LogP contribution in [-0.4, -0.2) is 28.8 Å². The van der Waals surface area contributed by atoms with Gasteiger partial charge in [-0.1, -0.05) is 0 Å². The second kappa shape index (κ2) is 3.52. The summed E-state index contributed by atoms with van der Waals surface area (Å²) in [6.07, 6.45) is 1.34. The van der Waals surface area contributed by atoms with Gasteiger partial charge in [0.1, 0.15) is 0 Å². The van der Waals surface area contributed by atoms with E-state index in [0.29, 0.717) is 5.69 Å². The number of aryl methyl sites for hydroxylation is 1. The van der Waals surface area contributed by atoms with Gasteiger partial charge in [-0.3, -0.25) is 14.9 Å². The van der Waals surface area contributed by atoms with Crippen molar-refractivity contribution in [3.05, 3.63) is 18.0 Å². The number of aromatic nitrogens is 4. The lowest BCUT2D eigenvalue weighted by atomic mass is 10.4. The standard InChI is InChI=1S/C7H10N6O2S/c1-4-6(8)7(12-10-4)13-16(14,15)5-2-3-9-11-5/h2-3H,8H2,1H3,(H,9,11)(H2,10,12,13). The number of rotatable bonds is 3. The Morgan fingerprint density at radius 3 is 2.69 bits per heavy atom. The van der Waals surface area contributed by atoms with Crippen LogP contribution in [0.15, 0.2) is 17.3 Å². The third kappa shape index (κ3) is 1.72. The lowest BCUT2D eigenvalue weighted by Crippen LogP contribution is -2.14. The summed E-state index contributed by atoms with van der Waals surface area (Å²) in [6.45, 7) is 1.69. The summed E-state index contributed by atoms with van der Waals surface area (Å²) >= 11 is 0. The SMILES string of the molecule is Cc1[nH]nc(NS(=O)(=O)c2ccn[nH]2)c1N. The van der Waals surface area contributed by atoms with Crippen LogP contribution >= 0.6 is 0 Å². The number of hydrogen-bond donors (Lipinski definition) is 4. The van der Waals surface area contributed by atoms with Gasteiger partial charge in [-0.05, 0) is 13.0 Å². The molecule has 9 heteroatoms. The zero-order chi connectivity index (χ0) is 11.8. The molecule has 0 saturated carbocycles. The average molecular weight is 242 g/mol. The maximum atomic E-state index is 11.7. The van der Waals surface area contributed by atoms with E-state index in [-0.39, 0.29) is 16.5 Å². The van der Waals surface area contributed by atoms with E-state index in [0.717, 1.165) is 0 Å². The number of sulfonamides is 1. The highest BCUT2D eigenvalue weighted by atomic mass is 32.2. The highest BCUT2D eigenvalue weighted by Gasteiger charge is 2.18. The largest absolute Gasteiger partial charge is 0.394 e. The molecule has 0 amide bonds. The van der Waals surface area contributed by atoms with Gasteiger partial charge in [0.15, 0.2) is 10.8 Å². The summed E-state index contributed by atoms with van der Waals surface area (Å²) in [7, 11) is -3.71. The molecule has 0 fully saturated rings. The topological polar surface area (TPSA) is 130 Å². The van der Waals surface area contributed by atoms with E-state index >= 15 is 0 Å². The van der Waals surface area contributed by atoms with E-state index in [1.165, 1.54) is 12.3 Å². The van der Waals surface area contributed by atoms with Gasteiger partial charge in [-0.2, -0.15) is 18.6 Å². The molecule has 0 radical (unpaired) electrons. The minimum atomic E-state index is -3.71. The number of nitrogens with one attached hydrogen (secondary N) is 3. The first-order chi connectivity index (χ1) is 7.50. The summed E-state index contributed by atoms with van der Waals surface area (Å²) in [5.74, 6) is 0.0760. The monoisotopic (exact) mass is 242 g/mol. The van der Waals surface area contributed by atoms with E-state index in [2.05, 4.69) is 25.1 Å². The Labute approximate surface area is 91.3 Å². The van der Waals surface area contributed by atoms with E-state index in [1.807, 2.05) is 0 Å². The van der Waals surface area contributed by atoms with Crippen molar-refractivity contribution in [3.8, 4) is 0 Å². The smallest absolute Gasteiger partial charge is 0.280 e. The third-order valence-corrected chi connectivity index (χ3v) is 3.26. The first-order valence-electron chi connectivity index (χ1n) is 4.33. The molecule has 0 aliphatic heterocycles. The first kappa shape index (κ1) is 10.5. The van der Waals surface area contributed by atoms with Gasteiger partial charge in [-0.15, -0.1) is 0 Å². The first-order valence-corrected chi connectivity index (χ1v) is 5.81. The van der Waals surface area contributed by atoms with Gasteiger partial charge >= 0.3 is 0 Å². The van der Waals surface area contributed by atoms with Crippen molar-refractivity contribution in [1.82, 2.24) is 20.4 Å². The third-order valence-electron chi connectivity index (χ3n) is 1.99. The van der Waals surface area contributed by atoms with Crippen LogP contribution in [0.5, 0.6) is 0 Å². The normalized spacial score (nSPS) is 11.6. The molecule has 0 aromatic carbocycles. The molecule has 0 atom stereocenters. The Morgan fingerprint density at radius 1 is 1.44 bits per heavy atom. The molecule has 0 aliphatic carbocycles. The zero-order valence-electron chi connectivity index (χ0n) is 8.35. The number of H-pyrrole nitrogens is 2. The van der Waals surface area contributed by atoms with Crippen LogP contribution in [0.25, 0.3) is 0 Å². The summed E-state index contributed by atoms with van der Waals surface area (Å²) in [5, 5.41) is 12.2. The van der Waals surface area contributed by atoms with Gasteiger partial charge in [0.2, 0.25) is 0 Å². The molecule has 8 nitrogen and oxygen atoms in total. The fourth-order valence-corrected chi connectivity index (χ4v) is 2.02. The zero-order valence-corrected chi connectivity index (χ0v) is 9.17. The number of nitrogen functional groups attached to an aromatic ring is 1. The van der Waals surface area contributed by atoms with Crippen molar-refractivity contribution in [2.45, 2.75) is 11.9 Å². The van der Waals surface area contributed by atoms with Crippen molar-refractivity contribution < 1.29 is 8.42 Å². The highest BCUT2D eigenvalue weighted by Crippen LogP contribution is 2.20. The summed E-state index contributed by atoms with van der Waals surface area (Å²) in [5.41, 5.74) is 6.48. The molecule has 2 heterocycles. The van der Waals surface area contributed by atoms with Crippen LogP contribution in [0.1, 0.15) is 5.69 Å². The molecule has 86 valence electrons. The maximum Gasteiger partial charge on any atom is 0.280 e. The molecule has 0 spiro atoms. The van der Waals surface area contributed by atoms with E-state index < -0.39 is 10.0 Å². The Kier molecular flexibility index (Phi) is 2.31. The van der Waals surface area contributed by atoms with Crippen molar-refractivity contribution in [2.24, 2.45) is 0 Å². The molecule has 0 saturated heterocycles. The predicted molar refractivity (Wildman–Crippen MR) is 57.1 cm³/mol. The van der Waals surface area contributed by atoms with Crippen LogP contribution in [-0.2, 0) is 10.0 Å². The number of hydrogen-bond acceptors (Lipinski definition) is 5. The van der Waals surface area contributed by atoms with Crippen LogP contribution in [0.2, 0.25) is 0 Å². The summed E-state index contributed by atoms with van der Waals surface area (Å²) in [6, 6.07) is 1.33. The maximum absolute atomic E-state index is 11.7. The molecule has 2 aromatic heterocycles. The predicted octanol–water partition coefficient (Wildman–Crippen LogP) is -0.176. The lowest BCUT2D eigenvalue weighted by molar-refractivity contribution is 0.597.